The van der Waals surface area contributed by atoms with Gasteiger partial charge >= 0.3 is 6.18 Å². The number of nitrogens with two attached hydrogens (primary N) is 1. The third-order valence-corrected chi connectivity index (χ3v) is 3.09. The van der Waals surface area contributed by atoms with Gasteiger partial charge in [-0.25, -0.2) is 0 Å². The van der Waals surface area contributed by atoms with Crippen molar-refractivity contribution in [2.24, 2.45) is 5.73 Å². The van der Waals surface area contributed by atoms with Crippen LogP contribution in [0.3, 0.4) is 0 Å². The summed E-state index contributed by atoms with van der Waals surface area (Å²) in [5, 5.41) is 0.851. The Morgan fingerprint density at radius 1 is 1.28 bits per heavy atom. The molecule has 0 saturated carbocycles. The quantitative estimate of drug-likeness (QED) is 0.896. The number of nitrogens with zero attached hydrogens (tertiary/aromatic N) is 1. The maximum Gasteiger partial charge on any atom is 0.409 e. The van der Waals surface area contributed by atoms with Crippen molar-refractivity contribution in [1.29, 1.82) is 0 Å². The van der Waals surface area contributed by atoms with Crippen LogP contribution in [0, 0.1) is 6.92 Å². The molecule has 1 aromatic heterocycles. The van der Waals surface area contributed by atoms with Crippen molar-refractivity contribution in [3.63, 3.8) is 0 Å². The normalized spacial score (nSPS) is 14.1. The second-order valence-electron chi connectivity index (χ2n) is 4.37. The van der Waals surface area contributed by atoms with E-state index in [1.807, 2.05) is 19.1 Å². The number of hydrogen-bond acceptors (Lipinski definition) is 1. The molecule has 0 aliphatic heterocycles. The van der Waals surface area contributed by atoms with Crippen molar-refractivity contribution in [3.8, 4) is 0 Å². The smallest absolute Gasteiger partial charge is 0.335 e. The predicted molar refractivity (Wildman–Crippen MR) is 65.4 cm³/mol. The highest BCUT2D eigenvalue weighted by atomic mass is 19.4. The number of hydrogen-bond donors (Lipinski definition) is 1. The van der Waals surface area contributed by atoms with E-state index in [1.54, 1.807) is 18.3 Å². The molecule has 0 fully saturated rings. The first-order chi connectivity index (χ1) is 8.45. The molecule has 0 aliphatic carbocycles. The van der Waals surface area contributed by atoms with Crippen LogP contribution in [0.15, 0.2) is 30.5 Å². The van der Waals surface area contributed by atoms with Crippen molar-refractivity contribution in [2.75, 3.05) is 6.54 Å². The molecule has 0 radical (unpaired) electrons. The first-order valence-electron chi connectivity index (χ1n) is 5.78. The molecule has 1 heterocycles. The third-order valence-electron chi connectivity index (χ3n) is 3.09. The summed E-state index contributed by atoms with van der Waals surface area (Å²) in [4.78, 5) is 0. The van der Waals surface area contributed by atoms with Crippen LogP contribution in [0.25, 0.3) is 10.9 Å². The molecule has 0 bridgehead atoms. The number of fused-ring (bicyclic) bond motifs is 1. The van der Waals surface area contributed by atoms with Gasteiger partial charge in [0.1, 0.15) is 6.04 Å². The number of halogens is 3. The van der Waals surface area contributed by atoms with Crippen LogP contribution in [0.2, 0.25) is 0 Å². The lowest BCUT2D eigenvalue weighted by molar-refractivity contribution is -0.167. The number of alkyl halides is 3. The average molecular weight is 256 g/mol. The molecule has 1 unspecified atom stereocenters. The largest absolute Gasteiger partial charge is 0.409 e. The van der Waals surface area contributed by atoms with Gasteiger partial charge in [-0.2, -0.15) is 13.2 Å². The van der Waals surface area contributed by atoms with Crippen LogP contribution < -0.4 is 5.73 Å². The molecule has 0 saturated heterocycles. The number of aryl methyl sites for hydroxylation is 1. The van der Waals surface area contributed by atoms with Crippen LogP contribution in [-0.2, 0) is 0 Å². The molecule has 0 amide bonds. The average Bonchev–Trinajstić information content (AvgIpc) is 2.63. The molecule has 18 heavy (non-hydrogen) atoms. The van der Waals surface area contributed by atoms with Crippen LogP contribution in [-0.4, -0.2) is 17.3 Å². The van der Waals surface area contributed by atoms with Crippen LogP contribution in [0.1, 0.15) is 18.0 Å². The number of aromatic nitrogens is 1. The fourth-order valence-corrected chi connectivity index (χ4v) is 2.26. The summed E-state index contributed by atoms with van der Waals surface area (Å²) in [6.07, 6.45) is -2.84. The fraction of sp³-hybridized carbons (Fsp3) is 0.385. The minimum Gasteiger partial charge on any atom is -0.335 e. The Balaban J connectivity index is 2.58. The molecule has 5 heteroatoms. The lowest BCUT2D eigenvalue weighted by Gasteiger charge is -2.22. The van der Waals surface area contributed by atoms with E-state index in [0.717, 1.165) is 10.9 Å². The molecule has 0 spiro atoms. The Morgan fingerprint density at radius 3 is 2.56 bits per heavy atom. The van der Waals surface area contributed by atoms with E-state index in [9.17, 15) is 13.2 Å². The van der Waals surface area contributed by atoms with Gasteiger partial charge in [0, 0.05) is 17.1 Å². The fourth-order valence-electron chi connectivity index (χ4n) is 2.26. The molecule has 2 nitrogen and oxygen atoms in total. The van der Waals surface area contributed by atoms with Crippen molar-refractivity contribution in [2.45, 2.75) is 25.6 Å². The van der Waals surface area contributed by atoms with E-state index < -0.39 is 12.2 Å². The highest BCUT2D eigenvalue weighted by molar-refractivity contribution is 5.83. The van der Waals surface area contributed by atoms with E-state index in [2.05, 4.69) is 0 Å². The first kappa shape index (κ1) is 13.0. The number of para-hydroxylation sites is 1. The molecule has 98 valence electrons. The molecule has 2 aromatic rings. The highest BCUT2D eigenvalue weighted by Gasteiger charge is 2.40. The van der Waals surface area contributed by atoms with Gasteiger partial charge in [0.05, 0.1) is 0 Å². The van der Waals surface area contributed by atoms with Crippen molar-refractivity contribution < 1.29 is 13.2 Å². The summed E-state index contributed by atoms with van der Waals surface area (Å²) in [5.74, 6) is 0. The summed E-state index contributed by atoms with van der Waals surface area (Å²) < 4.78 is 40.4. The van der Waals surface area contributed by atoms with Gasteiger partial charge in [0.2, 0.25) is 0 Å². The van der Waals surface area contributed by atoms with Gasteiger partial charge in [-0.05, 0) is 31.5 Å². The topological polar surface area (TPSA) is 30.9 Å². The summed E-state index contributed by atoms with van der Waals surface area (Å²) in [6, 6.07) is 5.55. The Hall–Kier alpha value is -1.49. The Morgan fingerprint density at radius 2 is 1.94 bits per heavy atom. The molecule has 2 rings (SSSR count). The molecule has 1 aromatic carbocycles. The third kappa shape index (κ3) is 2.22. The highest BCUT2D eigenvalue weighted by Crippen LogP contribution is 2.36. The summed E-state index contributed by atoms with van der Waals surface area (Å²) in [7, 11) is 0. The molecule has 2 N–H and O–H groups in total. The lowest BCUT2D eigenvalue weighted by Crippen LogP contribution is -2.28. The van der Waals surface area contributed by atoms with E-state index in [-0.39, 0.29) is 13.0 Å². The zero-order chi connectivity index (χ0) is 13.3. The van der Waals surface area contributed by atoms with Gasteiger partial charge in [-0.15, -0.1) is 0 Å². The van der Waals surface area contributed by atoms with Gasteiger partial charge in [0.15, 0.2) is 0 Å². The molecule has 1 atom stereocenters. The maximum absolute atomic E-state index is 13.1. The monoisotopic (exact) mass is 256 g/mol. The summed E-state index contributed by atoms with van der Waals surface area (Å²) >= 11 is 0. The SMILES string of the molecule is Cc1cn(C(CCN)C(F)(F)F)c2ccccc12. The second kappa shape index (κ2) is 4.65. The minimum absolute atomic E-state index is 0.00965. The van der Waals surface area contributed by atoms with E-state index >= 15 is 0 Å². The summed E-state index contributed by atoms with van der Waals surface area (Å²) in [5.41, 5.74) is 6.75. The lowest BCUT2D eigenvalue weighted by atomic mass is 10.2. The van der Waals surface area contributed by atoms with Crippen molar-refractivity contribution in [1.82, 2.24) is 4.57 Å². The van der Waals surface area contributed by atoms with Gasteiger partial charge in [-0.3, -0.25) is 0 Å². The minimum atomic E-state index is -4.28. The standard InChI is InChI=1S/C13H15F3N2/c1-9-8-18(11-5-3-2-4-10(9)11)12(6-7-17)13(14,15)16/h2-5,8,12H,6-7,17H2,1H3. The van der Waals surface area contributed by atoms with Gasteiger partial charge in [0.25, 0.3) is 0 Å². The van der Waals surface area contributed by atoms with Crippen molar-refractivity contribution >= 4 is 10.9 Å². The molecule has 0 aliphatic rings. The first-order valence-corrected chi connectivity index (χ1v) is 5.78. The second-order valence-corrected chi connectivity index (χ2v) is 4.37. The molecular formula is C13H15F3N2. The summed E-state index contributed by atoms with van der Waals surface area (Å²) in [6.45, 7) is 1.82. The van der Waals surface area contributed by atoms with E-state index in [4.69, 9.17) is 5.73 Å². The molecular weight excluding hydrogens is 241 g/mol. The number of rotatable bonds is 3. The van der Waals surface area contributed by atoms with Gasteiger partial charge in [-0.1, -0.05) is 18.2 Å². The van der Waals surface area contributed by atoms with Crippen LogP contribution >= 0.6 is 0 Å². The van der Waals surface area contributed by atoms with E-state index in [0.29, 0.717) is 5.52 Å². The maximum atomic E-state index is 13.1. The Labute approximate surface area is 103 Å². The Bertz CT molecular complexity index is 543. The van der Waals surface area contributed by atoms with E-state index in [1.165, 1.54) is 4.57 Å². The zero-order valence-electron chi connectivity index (χ0n) is 10.0. The zero-order valence-corrected chi connectivity index (χ0v) is 10.0. The van der Waals surface area contributed by atoms with Crippen molar-refractivity contribution in [3.05, 3.63) is 36.0 Å². The van der Waals surface area contributed by atoms with Gasteiger partial charge < -0.3 is 10.3 Å². The predicted octanol–water partition coefficient (Wildman–Crippen LogP) is 3.40. The number of benzene rings is 1. The Kier molecular flexibility index (Phi) is 3.34. The van der Waals surface area contributed by atoms with Crippen LogP contribution in [0.4, 0.5) is 13.2 Å². The van der Waals surface area contributed by atoms with Crippen LogP contribution in [0.5, 0.6) is 0 Å².